The number of aromatic nitrogens is 2. The van der Waals surface area contributed by atoms with Crippen molar-refractivity contribution in [3.05, 3.63) is 45.3 Å². The Morgan fingerprint density at radius 2 is 1.27 bits per heavy atom. The van der Waals surface area contributed by atoms with Crippen molar-refractivity contribution in [1.82, 2.24) is 29.9 Å². The van der Waals surface area contributed by atoms with Crippen LogP contribution in [0.1, 0.15) is 11.4 Å². The van der Waals surface area contributed by atoms with E-state index in [1.807, 2.05) is 22.9 Å². The summed E-state index contributed by atoms with van der Waals surface area (Å²) in [6.45, 7) is 1.14. The summed E-state index contributed by atoms with van der Waals surface area (Å²) in [5, 5.41) is 5.18. The topological polar surface area (TPSA) is 125 Å². The summed E-state index contributed by atoms with van der Waals surface area (Å²) in [6, 6.07) is -2.55. The first-order valence-electron chi connectivity index (χ1n) is 9.89. The molecule has 33 heavy (non-hydrogen) atoms. The van der Waals surface area contributed by atoms with Gasteiger partial charge in [-0.05, 0) is 0 Å². The zero-order valence-corrected chi connectivity index (χ0v) is 19.3. The van der Waals surface area contributed by atoms with Gasteiger partial charge in [-0.2, -0.15) is 18.5 Å². The lowest BCUT2D eigenvalue weighted by Gasteiger charge is -2.25. The fourth-order valence-corrected chi connectivity index (χ4v) is 6.23. The molecule has 0 aromatic carbocycles. The Balaban J connectivity index is 1.23. The van der Waals surface area contributed by atoms with E-state index in [9.17, 15) is 18.0 Å². The van der Waals surface area contributed by atoms with E-state index >= 15 is 0 Å². The smallest absolute Gasteiger partial charge is 0.317 e. The minimum atomic E-state index is -4.81. The van der Waals surface area contributed by atoms with E-state index in [0.717, 1.165) is 10.1 Å². The highest BCUT2D eigenvalue weighted by molar-refractivity contribution is 7.81. The molecule has 4 aliphatic heterocycles. The molecule has 2 saturated heterocycles. The van der Waals surface area contributed by atoms with Crippen molar-refractivity contribution in [2.45, 2.75) is 12.1 Å². The van der Waals surface area contributed by atoms with Crippen molar-refractivity contribution in [2.75, 3.05) is 26.2 Å². The molecule has 0 saturated carbocycles. The van der Waals surface area contributed by atoms with Gasteiger partial charge in [-0.1, -0.05) is 12.2 Å². The molecule has 2 unspecified atom stereocenters. The van der Waals surface area contributed by atoms with Gasteiger partial charge in [-0.15, -0.1) is 31.2 Å². The van der Waals surface area contributed by atoms with Crippen LogP contribution in [0, 0.1) is 0 Å². The summed E-state index contributed by atoms with van der Waals surface area (Å²) in [6.07, 6.45) is 3.65. The zero-order chi connectivity index (χ0) is 22.7. The summed E-state index contributed by atoms with van der Waals surface area (Å²) in [4.78, 5) is 36.9. The highest BCUT2D eigenvalue weighted by atomic mass is 32.3. The van der Waals surface area contributed by atoms with Crippen molar-refractivity contribution in [3.63, 3.8) is 0 Å². The summed E-state index contributed by atoms with van der Waals surface area (Å²) >= 11 is 2.79. The van der Waals surface area contributed by atoms with E-state index in [1.165, 1.54) is 32.5 Å². The molecule has 4 aliphatic rings. The average molecular weight is 509 g/mol. The second-order valence-corrected chi connectivity index (χ2v) is 10.2. The Morgan fingerprint density at radius 3 is 1.67 bits per heavy atom. The molecule has 0 N–H and O–H groups in total. The van der Waals surface area contributed by atoms with Crippen molar-refractivity contribution >= 4 is 56.3 Å². The summed E-state index contributed by atoms with van der Waals surface area (Å²) < 4.78 is 36.0. The molecule has 4 bridgehead atoms. The predicted octanol–water partition coefficient (Wildman–Crippen LogP) is 1.41. The van der Waals surface area contributed by atoms with Gasteiger partial charge in [0.15, 0.2) is 0 Å². The molecule has 0 spiro atoms. The minimum Gasteiger partial charge on any atom is -0.317 e. The first-order valence-corrected chi connectivity index (χ1v) is 13.1. The summed E-state index contributed by atoms with van der Waals surface area (Å²) in [5.41, 5.74) is 6.01. The summed E-state index contributed by atoms with van der Waals surface area (Å²) in [7, 11) is -4.81. The van der Waals surface area contributed by atoms with Crippen molar-refractivity contribution in [2.24, 2.45) is 0 Å². The molecule has 2 aromatic rings. The van der Waals surface area contributed by atoms with E-state index in [-0.39, 0.29) is 13.1 Å². The maximum Gasteiger partial charge on any atom is 0.442 e. The molecule has 12 nitrogen and oxygen atoms in total. The number of hydroxylamine groups is 4. The number of hydrogen-bond acceptors (Lipinski definition) is 10. The Hall–Kier alpha value is -2.85. The van der Waals surface area contributed by atoms with Crippen molar-refractivity contribution in [1.29, 1.82) is 0 Å². The largest absolute Gasteiger partial charge is 0.442 e. The molecule has 0 radical (unpaired) electrons. The maximum absolute atomic E-state index is 12.9. The zero-order valence-electron chi connectivity index (χ0n) is 16.8. The number of hydrogen-bond donors (Lipinski definition) is 0. The van der Waals surface area contributed by atoms with Crippen LogP contribution in [0.25, 0.3) is 11.1 Å². The monoisotopic (exact) mass is 508 g/mol. The van der Waals surface area contributed by atoms with Gasteiger partial charge in [0.05, 0.1) is 35.5 Å². The number of nitrogens with zero attached hydrogens (tertiary/aromatic N) is 6. The second kappa shape index (κ2) is 7.59. The Kier molecular flexibility index (Phi) is 4.77. The minimum absolute atomic E-state index is 0.257. The Labute approximate surface area is 196 Å². The number of fused-ring (bicyclic) bond motifs is 4. The highest BCUT2D eigenvalue weighted by Gasteiger charge is 2.49. The van der Waals surface area contributed by atoms with Crippen LogP contribution in [0.5, 0.6) is 0 Å². The van der Waals surface area contributed by atoms with Crippen LogP contribution >= 0.6 is 22.7 Å². The Bertz CT molecular complexity index is 1180. The third-order valence-corrected chi connectivity index (χ3v) is 7.71. The van der Waals surface area contributed by atoms with Crippen LogP contribution in [-0.4, -0.2) is 88.6 Å². The van der Waals surface area contributed by atoms with Crippen LogP contribution in [0.3, 0.4) is 0 Å². The number of carbonyl (C=O) groups is 2. The standard InChI is InChI=1S/C18H16N6O6S3/c25-17-21-3-1-11(13-7-31-9-19-13)15(5-21)23(17)29-33(27,28)30-24-16-6-22(18(24)26)4-2-12(16)14-8-32-10-20-14/h1-2,7-10,15-16H,3-6H2. The predicted molar refractivity (Wildman–Crippen MR) is 116 cm³/mol. The van der Waals surface area contributed by atoms with Gasteiger partial charge in [-0.25, -0.2) is 19.6 Å². The first-order chi connectivity index (χ1) is 15.9. The third kappa shape index (κ3) is 3.43. The van der Waals surface area contributed by atoms with Gasteiger partial charge < -0.3 is 9.80 Å². The number of carbonyl (C=O) groups excluding carboxylic acids is 2. The quantitative estimate of drug-likeness (QED) is 0.574. The van der Waals surface area contributed by atoms with E-state index in [4.69, 9.17) is 8.57 Å². The van der Waals surface area contributed by atoms with Gasteiger partial charge in [0.2, 0.25) is 0 Å². The average Bonchev–Trinajstić information content (AvgIpc) is 3.60. The summed E-state index contributed by atoms with van der Waals surface area (Å²) in [5.74, 6) is 0. The van der Waals surface area contributed by atoms with Gasteiger partial charge in [0.25, 0.3) is 0 Å². The van der Waals surface area contributed by atoms with Gasteiger partial charge >= 0.3 is 22.5 Å². The fourth-order valence-electron chi connectivity index (χ4n) is 4.35. The number of urea groups is 2. The molecule has 6 heterocycles. The van der Waals surface area contributed by atoms with Crippen molar-refractivity contribution in [3.8, 4) is 0 Å². The van der Waals surface area contributed by atoms with Gasteiger partial charge in [0.1, 0.15) is 12.1 Å². The molecule has 0 aliphatic carbocycles. The van der Waals surface area contributed by atoms with Gasteiger partial charge in [-0.3, -0.25) is 0 Å². The van der Waals surface area contributed by atoms with Crippen LogP contribution in [0.15, 0.2) is 33.9 Å². The molecule has 2 fully saturated rings. The van der Waals surface area contributed by atoms with Crippen LogP contribution < -0.4 is 0 Å². The molecule has 2 aromatic heterocycles. The SMILES string of the molecule is O=C1N2CC=C(c3cscn3)C(C2)N1OS(=O)(=O)ON1C(=O)N2CC=C(c3cscn3)C1C2. The van der Waals surface area contributed by atoms with Crippen molar-refractivity contribution < 1.29 is 26.6 Å². The first kappa shape index (κ1) is 20.7. The van der Waals surface area contributed by atoms with Crippen LogP contribution in [-0.2, 0) is 19.0 Å². The van der Waals surface area contributed by atoms with E-state index in [2.05, 4.69) is 9.97 Å². The normalized spacial score (nSPS) is 24.6. The van der Waals surface area contributed by atoms with Gasteiger partial charge in [0, 0.05) is 35.0 Å². The Morgan fingerprint density at radius 1 is 0.818 bits per heavy atom. The van der Waals surface area contributed by atoms with E-state index in [1.54, 1.807) is 11.0 Å². The highest BCUT2D eigenvalue weighted by Crippen LogP contribution is 2.36. The number of amides is 4. The van der Waals surface area contributed by atoms with Crippen LogP contribution in [0.4, 0.5) is 9.59 Å². The molecular formula is C18H16N6O6S3. The number of rotatable bonds is 6. The molecule has 15 heteroatoms. The maximum atomic E-state index is 12.9. The third-order valence-electron chi connectivity index (χ3n) is 5.85. The lowest BCUT2D eigenvalue weighted by molar-refractivity contribution is -0.0702. The molecule has 6 rings (SSSR count). The molecule has 4 amide bonds. The second-order valence-electron chi connectivity index (χ2n) is 7.68. The number of thiazole rings is 2. The fraction of sp³-hybridized carbons (Fsp3) is 0.333. The lowest BCUT2D eigenvalue weighted by Crippen LogP contribution is -2.41. The molecular weight excluding hydrogens is 492 g/mol. The van der Waals surface area contributed by atoms with E-state index in [0.29, 0.717) is 35.6 Å². The molecule has 2 atom stereocenters. The lowest BCUT2D eigenvalue weighted by atomic mass is 10.0. The van der Waals surface area contributed by atoms with Crippen LogP contribution in [0.2, 0.25) is 0 Å². The van der Waals surface area contributed by atoms with E-state index < -0.39 is 34.5 Å². The molecule has 172 valence electrons.